The van der Waals surface area contributed by atoms with E-state index < -0.39 is 0 Å². The molecule has 0 amide bonds. The molecule has 0 radical (unpaired) electrons. The van der Waals surface area contributed by atoms with E-state index in [1.54, 1.807) is 34.8 Å². The number of hydrogen-bond donors (Lipinski definition) is 0. The lowest BCUT2D eigenvalue weighted by molar-refractivity contribution is 0.414. The van der Waals surface area contributed by atoms with Gasteiger partial charge in [-0.3, -0.25) is 9.36 Å². The molecule has 164 valence electrons. The van der Waals surface area contributed by atoms with Gasteiger partial charge in [-0.05, 0) is 72.7 Å². The van der Waals surface area contributed by atoms with Crippen molar-refractivity contribution in [2.24, 2.45) is 5.92 Å². The molecular formula is C25H23ClN2O2S2. The minimum Gasteiger partial charge on any atom is -0.497 e. The van der Waals surface area contributed by atoms with Crippen LogP contribution in [0.4, 0.5) is 0 Å². The first-order valence-corrected chi connectivity index (χ1v) is 12.8. The molecule has 5 rings (SSSR count). The van der Waals surface area contributed by atoms with Gasteiger partial charge < -0.3 is 4.74 Å². The van der Waals surface area contributed by atoms with Crippen LogP contribution in [0.15, 0.2) is 58.5 Å². The summed E-state index contributed by atoms with van der Waals surface area (Å²) in [5.74, 6) is 2.11. The molecule has 7 heteroatoms. The lowest BCUT2D eigenvalue weighted by atomic mass is 9.89. The summed E-state index contributed by atoms with van der Waals surface area (Å²) in [7, 11) is 1.64. The van der Waals surface area contributed by atoms with Gasteiger partial charge in [0.05, 0.1) is 18.2 Å². The van der Waals surface area contributed by atoms with Crippen LogP contribution >= 0.6 is 34.7 Å². The van der Waals surface area contributed by atoms with Gasteiger partial charge in [0.25, 0.3) is 5.56 Å². The molecule has 1 aliphatic carbocycles. The average Bonchev–Trinajstić information content (AvgIpc) is 3.16. The van der Waals surface area contributed by atoms with Crippen LogP contribution in [0.1, 0.15) is 29.3 Å². The number of rotatable bonds is 5. The maximum atomic E-state index is 13.8. The first kappa shape index (κ1) is 21.6. The molecule has 4 aromatic rings. The molecule has 0 saturated carbocycles. The number of hydrogen-bond acceptors (Lipinski definition) is 5. The standard InChI is InChI=1S/C25H23ClN2O2S2/c1-15-3-12-20-21(13-15)32-23-22(20)24(29)28(18-8-10-19(30-2)11-9-18)25(27-23)31-14-16-4-6-17(26)7-5-16/h4-11,15H,3,12-14H2,1-2H3. The monoisotopic (exact) mass is 482 g/mol. The Morgan fingerprint density at radius 2 is 1.94 bits per heavy atom. The highest BCUT2D eigenvalue weighted by Gasteiger charge is 2.25. The van der Waals surface area contributed by atoms with Crippen LogP contribution in [0.2, 0.25) is 5.02 Å². The quantitative estimate of drug-likeness (QED) is 0.240. The summed E-state index contributed by atoms with van der Waals surface area (Å²) >= 11 is 9.29. The van der Waals surface area contributed by atoms with Crippen LogP contribution in [-0.4, -0.2) is 16.7 Å². The fourth-order valence-corrected chi connectivity index (χ4v) is 6.67. The molecule has 0 N–H and O–H groups in total. The Kier molecular flexibility index (Phi) is 6.01. The number of aryl methyl sites for hydroxylation is 1. The van der Waals surface area contributed by atoms with Crippen molar-refractivity contribution in [3.05, 3.63) is 79.9 Å². The maximum Gasteiger partial charge on any atom is 0.267 e. The van der Waals surface area contributed by atoms with E-state index in [9.17, 15) is 4.79 Å². The number of aromatic nitrogens is 2. The number of benzene rings is 2. The normalized spacial score (nSPS) is 15.7. The predicted octanol–water partition coefficient (Wildman–Crippen LogP) is 6.53. The third kappa shape index (κ3) is 4.07. The maximum absolute atomic E-state index is 13.8. The summed E-state index contributed by atoms with van der Waals surface area (Å²) in [5.41, 5.74) is 3.16. The summed E-state index contributed by atoms with van der Waals surface area (Å²) in [5, 5.41) is 2.21. The van der Waals surface area contributed by atoms with Crippen molar-refractivity contribution in [3.63, 3.8) is 0 Å². The Labute approximate surface area is 200 Å². The molecule has 0 saturated heterocycles. The lowest BCUT2D eigenvalue weighted by Crippen LogP contribution is -2.22. The van der Waals surface area contributed by atoms with E-state index in [1.165, 1.54) is 10.4 Å². The Balaban J connectivity index is 1.64. The van der Waals surface area contributed by atoms with Crippen LogP contribution < -0.4 is 10.3 Å². The van der Waals surface area contributed by atoms with Crippen LogP contribution in [0.5, 0.6) is 5.75 Å². The van der Waals surface area contributed by atoms with Gasteiger partial charge in [0.1, 0.15) is 10.6 Å². The van der Waals surface area contributed by atoms with Gasteiger partial charge in [-0.15, -0.1) is 11.3 Å². The van der Waals surface area contributed by atoms with E-state index in [4.69, 9.17) is 21.3 Å². The molecule has 0 aliphatic heterocycles. The summed E-state index contributed by atoms with van der Waals surface area (Å²) in [6.45, 7) is 2.28. The molecule has 32 heavy (non-hydrogen) atoms. The van der Waals surface area contributed by atoms with Gasteiger partial charge in [-0.2, -0.15) is 0 Å². The fourth-order valence-electron chi connectivity index (χ4n) is 4.16. The van der Waals surface area contributed by atoms with Crippen molar-refractivity contribution in [2.75, 3.05) is 7.11 Å². The molecule has 1 atom stereocenters. The van der Waals surface area contributed by atoms with Crippen molar-refractivity contribution in [3.8, 4) is 11.4 Å². The summed E-state index contributed by atoms with van der Waals surface area (Å²) < 4.78 is 7.06. The minimum absolute atomic E-state index is 0.0193. The topological polar surface area (TPSA) is 44.1 Å². The van der Waals surface area contributed by atoms with E-state index in [0.29, 0.717) is 21.8 Å². The molecule has 4 nitrogen and oxygen atoms in total. The first-order chi connectivity index (χ1) is 15.5. The zero-order valence-corrected chi connectivity index (χ0v) is 20.3. The van der Waals surface area contributed by atoms with Crippen molar-refractivity contribution >= 4 is 44.9 Å². The smallest absolute Gasteiger partial charge is 0.267 e. The molecule has 2 aromatic carbocycles. The van der Waals surface area contributed by atoms with Gasteiger partial charge in [0, 0.05) is 15.7 Å². The Hall–Kier alpha value is -2.28. The first-order valence-electron chi connectivity index (χ1n) is 10.6. The van der Waals surface area contributed by atoms with E-state index in [0.717, 1.165) is 46.5 Å². The van der Waals surface area contributed by atoms with Crippen LogP contribution in [0, 0.1) is 5.92 Å². The lowest BCUT2D eigenvalue weighted by Gasteiger charge is -2.18. The molecule has 0 fully saturated rings. The minimum atomic E-state index is 0.0193. The molecule has 1 aliphatic rings. The van der Waals surface area contributed by atoms with E-state index in [-0.39, 0.29) is 5.56 Å². The zero-order chi connectivity index (χ0) is 22.2. The summed E-state index contributed by atoms with van der Waals surface area (Å²) in [6, 6.07) is 15.4. The molecule has 1 unspecified atom stereocenters. The number of thioether (sulfide) groups is 1. The zero-order valence-electron chi connectivity index (χ0n) is 17.9. The highest BCUT2D eigenvalue weighted by molar-refractivity contribution is 7.98. The Morgan fingerprint density at radius 1 is 1.19 bits per heavy atom. The number of ether oxygens (including phenoxy) is 1. The third-order valence-electron chi connectivity index (χ3n) is 5.91. The molecule has 2 aromatic heterocycles. The van der Waals surface area contributed by atoms with Gasteiger partial charge in [-0.25, -0.2) is 4.98 Å². The summed E-state index contributed by atoms with van der Waals surface area (Å²) in [6.07, 6.45) is 3.10. The van der Waals surface area contributed by atoms with E-state index in [2.05, 4.69) is 6.92 Å². The fraction of sp³-hybridized carbons (Fsp3) is 0.280. The molecular weight excluding hydrogens is 460 g/mol. The number of fused-ring (bicyclic) bond motifs is 3. The van der Waals surface area contributed by atoms with Crippen molar-refractivity contribution < 1.29 is 4.74 Å². The summed E-state index contributed by atoms with van der Waals surface area (Å²) in [4.78, 5) is 21.0. The second kappa shape index (κ2) is 8.93. The molecule has 0 bridgehead atoms. The van der Waals surface area contributed by atoms with Crippen molar-refractivity contribution in [1.29, 1.82) is 0 Å². The van der Waals surface area contributed by atoms with Gasteiger partial charge in [0.2, 0.25) is 0 Å². The second-order valence-corrected chi connectivity index (χ2v) is 10.6. The van der Waals surface area contributed by atoms with Gasteiger partial charge in [0.15, 0.2) is 5.16 Å². The predicted molar refractivity (Wildman–Crippen MR) is 134 cm³/mol. The van der Waals surface area contributed by atoms with Crippen molar-refractivity contribution in [1.82, 2.24) is 9.55 Å². The highest BCUT2D eigenvalue weighted by Crippen LogP contribution is 2.37. The van der Waals surface area contributed by atoms with Gasteiger partial charge in [-0.1, -0.05) is 42.4 Å². The van der Waals surface area contributed by atoms with Crippen LogP contribution in [0.3, 0.4) is 0 Å². The van der Waals surface area contributed by atoms with Gasteiger partial charge >= 0.3 is 0 Å². The largest absolute Gasteiger partial charge is 0.497 e. The second-order valence-electron chi connectivity index (χ2n) is 8.18. The number of nitrogens with zero attached hydrogens (tertiary/aromatic N) is 2. The number of methoxy groups -OCH3 is 1. The Bertz CT molecular complexity index is 1330. The number of halogens is 1. The average molecular weight is 483 g/mol. The SMILES string of the molecule is COc1ccc(-n2c(SCc3ccc(Cl)cc3)nc3sc4c(c3c2=O)CCC(C)C4)cc1. The van der Waals surface area contributed by atoms with Crippen molar-refractivity contribution in [2.45, 2.75) is 37.1 Å². The molecule has 2 heterocycles. The Morgan fingerprint density at radius 3 is 2.66 bits per heavy atom. The van der Waals surface area contributed by atoms with E-state index in [1.807, 2.05) is 48.5 Å². The highest BCUT2D eigenvalue weighted by atomic mass is 35.5. The van der Waals surface area contributed by atoms with E-state index >= 15 is 0 Å². The van der Waals surface area contributed by atoms with Crippen LogP contribution in [-0.2, 0) is 18.6 Å². The van der Waals surface area contributed by atoms with Crippen LogP contribution in [0.25, 0.3) is 15.9 Å². The number of thiophene rings is 1. The molecule has 0 spiro atoms. The third-order valence-corrected chi connectivity index (χ3v) is 8.32.